The Balaban J connectivity index is 4.17. The molecule has 0 aromatic rings. The molecule has 0 heterocycles. The number of hydrogen-bond acceptors (Lipinski definition) is 2. The molecule has 3 N–H and O–H groups in total. The summed E-state index contributed by atoms with van der Waals surface area (Å²) < 4.78 is 0. The minimum atomic E-state index is -0.348. The zero-order valence-electron chi connectivity index (χ0n) is 11.5. The molecule has 3 nitrogen and oxygen atoms in total. The second kappa shape index (κ2) is 8.45. The van der Waals surface area contributed by atoms with Gasteiger partial charge in [-0.2, -0.15) is 0 Å². The van der Waals surface area contributed by atoms with Crippen LogP contribution in [-0.4, -0.2) is 16.9 Å². The number of carbonyl (C=O) groups is 1. The summed E-state index contributed by atoms with van der Waals surface area (Å²) in [6.07, 6.45) is 4.57. The number of carbonyl (C=O) groups excluding carboxylic acids is 1. The lowest BCUT2D eigenvalue weighted by molar-refractivity contribution is -0.124. The Labute approximate surface area is 111 Å². The largest absolute Gasteiger partial charge is 0.393 e. The number of rotatable bonds is 8. The van der Waals surface area contributed by atoms with Gasteiger partial charge in [0.15, 0.2) is 0 Å². The summed E-state index contributed by atoms with van der Waals surface area (Å²) in [6.45, 7) is 8.13. The zero-order valence-corrected chi connectivity index (χ0v) is 12.3. The highest BCUT2D eigenvalue weighted by Gasteiger charge is 2.25. The van der Waals surface area contributed by atoms with Crippen LogP contribution in [0.15, 0.2) is 0 Å². The van der Waals surface area contributed by atoms with Crippen molar-refractivity contribution < 1.29 is 4.79 Å². The molecule has 17 heavy (non-hydrogen) atoms. The zero-order chi connectivity index (χ0) is 13.4. The standard InChI is InChI=1S/C13H26N2OS/c1-5-6-7-8-10(4)15-13(16)11(9(2)3)12(14)17/h9-11H,5-8H2,1-4H3,(H2,14,17)(H,15,16). The number of hydrogen-bond donors (Lipinski definition) is 2. The molecule has 0 radical (unpaired) electrons. The Bertz CT molecular complexity index is 254. The minimum absolute atomic E-state index is 0.0310. The maximum absolute atomic E-state index is 12.0. The maximum Gasteiger partial charge on any atom is 0.230 e. The van der Waals surface area contributed by atoms with Crippen LogP contribution in [0.2, 0.25) is 0 Å². The first-order chi connectivity index (χ1) is 7.90. The molecule has 0 spiro atoms. The average Bonchev–Trinajstić information content (AvgIpc) is 2.16. The van der Waals surface area contributed by atoms with Crippen molar-refractivity contribution >= 4 is 23.1 Å². The van der Waals surface area contributed by atoms with Crippen molar-refractivity contribution in [2.45, 2.75) is 59.4 Å². The molecule has 0 fully saturated rings. The topological polar surface area (TPSA) is 55.1 Å². The molecular weight excluding hydrogens is 232 g/mol. The molecule has 0 aliphatic carbocycles. The van der Waals surface area contributed by atoms with Gasteiger partial charge in [0, 0.05) is 6.04 Å². The van der Waals surface area contributed by atoms with Gasteiger partial charge in [-0.05, 0) is 19.3 Å². The van der Waals surface area contributed by atoms with Crippen LogP contribution in [0.5, 0.6) is 0 Å². The fourth-order valence-electron chi connectivity index (χ4n) is 1.87. The van der Waals surface area contributed by atoms with Crippen LogP contribution in [0.1, 0.15) is 53.4 Å². The number of amides is 1. The van der Waals surface area contributed by atoms with Crippen LogP contribution in [0.25, 0.3) is 0 Å². The molecular formula is C13H26N2OS. The fourth-order valence-corrected chi connectivity index (χ4v) is 2.25. The Morgan fingerprint density at radius 2 is 1.88 bits per heavy atom. The summed E-state index contributed by atoms with van der Waals surface area (Å²) >= 11 is 4.95. The van der Waals surface area contributed by atoms with Crippen LogP contribution in [-0.2, 0) is 4.79 Å². The second-order valence-electron chi connectivity index (χ2n) is 5.03. The van der Waals surface area contributed by atoms with Gasteiger partial charge in [-0.25, -0.2) is 0 Å². The van der Waals surface area contributed by atoms with Crippen molar-refractivity contribution in [3.63, 3.8) is 0 Å². The third-order valence-corrected chi connectivity index (χ3v) is 3.14. The Kier molecular flexibility index (Phi) is 8.13. The van der Waals surface area contributed by atoms with E-state index in [1.54, 1.807) is 0 Å². The SMILES string of the molecule is CCCCCC(C)NC(=O)C(C(N)=S)C(C)C. The first kappa shape index (κ1) is 16.4. The van der Waals surface area contributed by atoms with Crippen molar-refractivity contribution in [1.29, 1.82) is 0 Å². The molecule has 0 aliphatic heterocycles. The quantitative estimate of drug-likeness (QED) is 0.520. The predicted octanol–water partition coefficient (Wildman–Crippen LogP) is 2.63. The van der Waals surface area contributed by atoms with Crippen molar-refractivity contribution in [2.24, 2.45) is 17.6 Å². The number of unbranched alkanes of at least 4 members (excludes halogenated alkanes) is 2. The summed E-state index contributed by atoms with van der Waals surface area (Å²) in [5, 5.41) is 3.00. The number of nitrogens with two attached hydrogens (primary N) is 1. The predicted molar refractivity (Wildman–Crippen MR) is 76.9 cm³/mol. The van der Waals surface area contributed by atoms with Gasteiger partial charge in [-0.15, -0.1) is 0 Å². The van der Waals surface area contributed by atoms with E-state index < -0.39 is 0 Å². The van der Waals surface area contributed by atoms with E-state index in [0.29, 0.717) is 4.99 Å². The van der Waals surface area contributed by atoms with Crippen LogP contribution >= 0.6 is 12.2 Å². The smallest absolute Gasteiger partial charge is 0.230 e. The van der Waals surface area contributed by atoms with Crippen molar-refractivity contribution in [3.8, 4) is 0 Å². The van der Waals surface area contributed by atoms with E-state index in [1.165, 1.54) is 12.8 Å². The lowest BCUT2D eigenvalue weighted by Crippen LogP contribution is -2.44. The Hall–Kier alpha value is -0.640. The van der Waals surface area contributed by atoms with Crippen molar-refractivity contribution in [2.75, 3.05) is 0 Å². The lowest BCUT2D eigenvalue weighted by atomic mass is 9.94. The molecule has 0 aliphatic rings. The molecule has 0 aromatic heterocycles. The fraction of sp³-hybridized carbons (Fsp3) is 0.846. The van der Waals surface area contributed by atoms with Crippen molar-refractivity contribution in [3.05, 3.63) is 0 Å². The van der Waals surface area contributed by atoms with Crippen LogP contribution in [0.3, 0.4) is 0 Å². The molecule has 4 heteroatoms. The lowest BCUT2D eigenvalue weighted by Gasteiger charge is -2.22. The van der Waals surface area contributed by atoms with Crippen LogP contribution in [0, 0.1) is 11.8 Å². The summed E-state index contributed by atoms with van der Waals surface area (Å²) in [7, 11) is 0. The molecule has 2 atom stereocenters. The summed E-state index contributed by atoms with van der Waals surface area (Å²) in [6, 6.07) is 0.199. The van der Waals surface area contributed by atoms with Gasteiger partial charge in [0.05, 0.1) is 10.9 Å². The van der Waals surface area contributed by atoms with Gasteiger partial charge in [0.25, 0.3) is 0 Å². The van der Waals surface area contributed by atoms with E-state index in [2.05, 4.69) is 12.2 Å². The number of thiocarbonyl (C=S) groups is 1. The monoisotopic (exact) mass is 258 g/mol. The molecule has 0 aromatic carbocycles. The van der Waals surface area contributed by atoms with Gasteiger partial charge >= 0.3 is 0 Å². The number of nitrogens with one attached hydrogen (secondary N) is 1. The molecule has 100 valence electrons. The molecule has 0 saturated carbocycles. The van der Waals surface area contributed by atoms with Crippen LogP contribution < -0.4 is 11.1 Å². The van der Waals surface area contributed by atoms with E-state index in [0.717, 1.165) is 12.8 Å². The maximum atomic E-state index is 12.0. The molecule has 1 amide bonds. The van der Waals surface area contributed by atoms with E-state index in [1.807, 2.05) is 20.8 Å². The average molecular weight is 258 g/mol. The first-order valence-corrected chi connectivity index (χ1v) is 6.90. The van der Waals surface area contributed by atoms with Crippen molar-refractivity contribution in [1.82, 2.24) is 5.32 Å². The first-order valence-electron chi connectivity index (χ1n) is 6.49. The van der Waals surface area contributed by atoms with E-state index >= 15 is 0 Å². The molecule has 0 rings (SSSR count). The normalized spacial score (nSPS) is 14.4. The highest BCUT2D eigenvalue weighted by atomic mass is 32.1. The summed E-state index contributed by atoms with van der Waals surface area (Å²) in [4.78, 5) is 12.3. The third kappa shape index (κ3) is 6.61. The summed E-state index contributed by atoms with van der Waals surface area (Å²) in [5.41, 5.74) is 5.61. The van der Waals surface area contributed by atoms with E-state index in [-0.39, 0.29) is 23.8 Å². The van der Waals surface area contributed by atoms with E-state index in [9.17, 15) is 4.79 Å². The van der Waals surface area contributed by atoms with Gasteiger partial charge in [0.1, 0.15) is 0 Å². The van der Waals surface area contributed by atoms with Gasteiger partial charge < -0.3 is 11.1 Å². The molecule has 0 bridgehead atoms. The molecule has 0 saturated heterocycles. The van der Waals surface area contributed by atoms with Crippen LogP contribution in [0.4, 0.5) is 0 Å². The van der Waals surface area contributed by atoms with Gasteiger partial charge in [-0.1, -0.05) is 52.3 Å². The third-order valence-electron chi connectivity index (χ3n) is 2.89. The second-order valence-corrected chi connectivity index (χ2v) is 5.50. The molecule has 2 unspecified atom stereocenters. The van der Waals surface area contributed by atoms with Gasteiger partial charge in [0.2, 0.25) is 5.91 Å². The highest BCUT2D eigenvalue weighted by Crippen LogP contribution is 2.12. The minimum Gasteiger partial charge on any atom is -0.393 e. The Morgan fingerprint density at radius 1 is 1.29 bits per heavy atom. The van der Waals surface area contributed by atoms with Gasteiger partial charge in [-0.3, -0.25) is 4.79 Å². The Morgan fingerprint density at radius 3 is 2.29 bits per heavy atom. The van der Waals surface area contributed by atoms with E-state index in [4.69, 9.17) is 18.0 Å². The highest BCUT2D eigenvalue weighted by molar-refractivity contribution is 7.80. The summed E-state index contributed by atoms with van der Waals surface area (Å²) in [5.74, 6) is -0.231.